The summed E-state index contributed by atoms with van der Waals surface area (Å²) in [6.45, 7) is 0.552. The highest BCUT2D eigenvalue weighted by Gasteiger charge is 2.18. The molecular formula is C9H20O3Si. The molecule has 0 amide bonds. The topological polar surface area (TPSA) is 27.7 Å². The molecule has 1 rings (SSSR count). The summed E-state index contributed by atoms with van der Waals surface area (Å²) in [5, 5.41) is 0. The molecule has 13 heavy (non-hydrogen) atoms. The minimum atomic E-state index is -0.396. The molecule has 1 aliphatic carbocycles. The van der Waals surface area contributed by atoms with Crippen molar-refractivity contribution in [3.63, 3.8) is 0 Å². The van der Waals surface area contributed by atoms with Gasteiger partial charge in [-0.25, -0.2) is 0 Å². The minimum absolute atomic E-state index is 0.128. The maximum absolute atomic E-state index is 5.71. The van der Waals surface area contributed by atoms with E-state index in [9.17, 15) is 0 Å². The van der Waals surface area contributed by atoms with Crippen molar-refractivity contribution >= 4 is 9.76 Å². The lowest BCUT2D eigenvalue weighted by atomic mass is 10.4. The van der Waals surface area contributed by atoms with Crippen LogP contribution in [0.15, 0.2) is 0 Å². The second-order valence-electron chi connectivity index (χ2n) is 3.60. The number of methoxy groups -OCH3 is 2. The molecule has 4 heteroatoms. The van der Waals surface area contributed by atoms with E-state index in [0.717, 1.165) is 5.54 Å². The first kappa shape index (κ1) is 11.2. The first-order valence-corrected chi connectivity index (χ1v) is 6.39. The van der Waals surface area contributed by atoms with Gasteiger partial charge in [0.25, 0.3) is 0 Å². The van der Waals surface area contributed by atoms with Crippen molar-refractivity contribution in [1.82, 2.24) is 0 Å². The van der Waals surface area contributed by atoms with E-state index in [2.05, 4.69) is 0 Å². The van der Waals surface area contributed by atoms with Crippen LogP contribution in [0.25, 0.3) is 0 Å². The zero-order valence-electron chi connectivity index (χ0n) is 8.62. The summed E-state index contributed by atoms with van der Waals surface area (Å²) in [6.07, 6.45) is 5.40. The fourth-order valence-electron chi connectivity index (χ4n) is 1.74. The Morgan fingerprint density at radius 1 is 1.31 bits per heavy atom. The summed E-state index contributed by atoms with van der Waals surface area (Å²) in [5.74, 6) is 0. The van der Waals surface area contributed by atoms with Gasteiger partial charge in [-0.3, -0.25) is 0 Å². The van der Waals surface area contributed by atoms with Crippen molar-refractivity contribution in [1.29, 1.82) is 0 Å². The molecule has 0 aromatic rings. The fourth-order valence-corrected chi connectivity index (χ4v) is 3.37. The van der Waals surface area contributed by atoms with E-state index in [0.29, 0.717) is 6.61 Å². The van der Waals surface area contributed by atoms with Crippen molar-refractivity contribution in [3.05, 3.63) is 0 Å². The zero-order valence-corrected chi connectivity index (χ0v) is 10.0. The van der Waals surface area contributed by atoms with Crippen molar-refractivity contribution < 1.29 is 13.9 Å². The van der Waals surface area contributed by atoms with Crippen LogP contribution in [-0.2, 0) is 13.9 Å². The summed E-state index contributed by atoms with van der Waals surface area (Å²) in [6, 6.07) is 0. The van der Waals surface area contributed by atoms with Gasteiger partial charge < -0.3 is 13.9 Å². The van der Waals surface area contributed by atoms with Crippen LogP contribution in [0.3, 0.4) is 0 Å². The highest BCUT2D eigenvalue weighted by Crippen LogP contribution is 2.29. The summed E-state index contributed by atoms with van der Waals surface area (Å²) < 4.78 is 15.8. The zero-order chi connectivity index (χ0) is 9.52. The molecule has 0 radical (unpaired) electrons. The Labute approximate surface area is 82.7 Å². The lowest BCUT2D eigenvalue weighted by molar-refractivity contribution is -0.0935. The quantitative estimate of drug-likeness (QED) is 0.478. The fraction of sp³-hybridized carbons (Fsp3) is 1.00. The molecule has 0 N–H and O–H groups in total. The third-order valence-electron chi connectivity index (χ3n) is 2.56. The summed E-state index contributed by atoms with van der Waals surface area (Å²) in [4.78, 5) is 0. The minimum Gasteiger partial charge on any atom is -0.398 e. The molecule has 1 saturated carbocycles. The molecule has 0 saturated heterocycles. The van der Waals surface area contributed by atoms with Crippen LogP contribution in [0.4, 0.5) is 0 Å². The number of rotatable bonds is 6. The Hall–Kier alpha value is 0.0969. The molecule has 0 bridgehead atoms. The molecule has 1 aliphatic rings. The predicted molar refractivity (Wildman–Crippen MR) is 54.5 cm³/mol. The van der Waals surface area contributed by atoms with Crippen LogP contribution in [0.5, 0.6) is 0 Å². The van der Waals surface area contributed by atoms with Gasteiger partial charge in [-0.15, -0.1) is 0 Å². The number of hydrogen-bond acceptors (Lipinski definition) is 3. The van der Waals surface area contributed by atoms with Crippen molar-refractivity contribution in [2.45, 2.75) is 37.5 Å². The molecule has 0 spiro atoms. The Morgan fingerprint density at radius 2 is 2.00 bits per heavy atom. The van der Waals surface area contributed by atoms with Crippen LogP contribution >= 0.6 is 0 Å². The van der Waals surface area contributed by atoms with Crippen LogP contribution in [0.1, 0.15) is 25.7 Å². The van der Waals surface area contributed by atoms with Crippen LogP contribution < -0.4 is 0 Å². The Morgan fingerprint density at radius 3 is 2.54 bits per heavy atom. The third kappa shape index (κ3) is 4.22. The highest BCUT2D eigenvalue weighted by molar-refractivity contribution is 6.29. The van der Waals surface area contributed by atoms with Gasteiger partial charge in [0.15, 0.2) is 16.1 Å². The van der Waals surface area contributed by atoms with Gasteiger partial charge in [-0.05, 0) is 5.54 Å². The molecular weight excluding hydrogens is 184 g/mol. The molecule has 0 aliphatic heterocycles. The van der Waals surface area contributed by atoms with Gasteiger partial charge >= 0.3 is 0 Å². The van der Waals surface area contributed by atoms with Crippen molar-refractivity contribution in [2.75, 3.05) is 20.8 Å². The Kier molecular flexibility index (Phi) is 5.62. The van der Waals surface area contributed by atoms with E-state index in [1.54, 1.807) is 14.2 Å². The van der Waals surface area contributed by atoms with Crippen molar-refractivity contribution in [3.8, 4) is 0 Å². The number of hydrogen-bond donors (Lipinski definition) is 0. The molecule has 1 atom stereocenters. The molecule has 0 aromatic carbocycles. The van der Waals surface area contributed by atoms with E-state index in [1.807, 2.05) is 0 Å². The molecule has 0 heterocycles. The van der Waals surface area contributed by atoms with Gasteiger partial charge in [-0.1, -0.05) is 25.7 Å². The molecule has 78 valence electrons. The van der Waals surface area contributed by atoms with Crippen molar-refractivity contribution in [2.24, 2.45) is 0 Å². The van der Waals surface area contributed by atoms with Crippen LogP contribution in [0.2, 0.25) is 5.54 Å². The van der Waals surface area contributed by atoms with E-state index in [-0.39, 0.29) is 6.29 Å². The van der Waals surface area contributed by atoms with Crippen LogP contribution in [0, 0.1) is 0 Å². The SMILES string of the molecule is COCC(OC)O[SiH2]C1CCCC1. The smallest absolute Gasteiger partial charge is 0.170 e. The second-order valence-corrected chi connectivity index (χ2v) is 5.43. The van der Waals surface area contributed by atoms with Crippen LogP contribution in [-0.4, -0.2) is 36.9 Å². The Balaban J connectivity index is 2.07. The number of ether oxygens (including phenoxy) is 2. The second kappa shape index (κ2) is 6.54. The van der Waals surface area contributed by atoms with Gasteiger partial charge in [-0.2, -0.15) is 0 Å². The summed E-state index contributed by atoms with van der Waals surface area (Å²) >= 11 is 0. The van der Waals surface area contributed by atoms with E-state index in [4.69, 9.17) is 13.9 Å². The maximum atomic E-state index is 5.71. The monoisotopic (exact) mass is 204 g/mol. The highest BCUT2D eigenvalue weighted by atomic mass is 28.2. The standard InChI is InChI=1S/C9H20O3Si/c1-10-7-9(11-2)12-13-8-5-3-4-6-8/h8-9H,3-7,13H2,1-2H3. The van der Waals surface area contributed by atoms with E-state index >= 15 is 0 Å². The third-order valence-corrected chi connectivity index (χ3v) is 4.41. The molecule has 1 fully saturated rings. The van der Waals surface area contributed by atoms with Gasteiger partial charge in [0, 0.05) is 14.2 Å². The molecule has 1 unspecified atom stereocenters. The first-order valence-electron chi connectivity index (χ1n) is 5.00. The van der Waals surface area contributed by atoms with Gasteiger partial charge in [0.1, 0.15) is 0 Å². The average molecular weight is 204 g/mol. The summed E-state index contributed by atoms with van der Waals surface area (Å²) in [7, 11) is 2.95. The van der Waals surface area contributed by atoms with E-state index < -0.39 is 9.76 Å². The van der Waals surface area contributed by atoms with Gasteiger partial charge in [0.2, 0.25) is 0 Å². The predicted octanol–water partition coefficient (Wildman–Crippen LogP) is 1.07. The largest absolute Gasteiger partial charge is 0.398 e. The lowest BCUT2D eigenvalue weighted by Gasteiger charge is -2.17. The van der Waals surface area contributed by atoms with E-state index in [1.165, 1.54) is 25.7 Å². The first-order chi connectivity index (χ1) is 6.36. The summed E-state index contributed by atoms with van der Waals surface area (Å²) in [5.41, 5.74) is 0.884. The normalized spacial score (nSPS) is 21.7. The maximum Gasteiger partial charge on any atom is 0.170 e. The Bertz CT molecular complexity index is 126. The van der Waals surface area contributed by atoms with Gasteiger partial charge in [0.05, 0.1) is 6.61 Å². The molecule has 3 nitrogen and oxygen atoms in total. The lowest BCUT2D eigenvalue weighted by Crippen LogP contribution is -2.24. The average Bonchev–Trinajstić information content (AvgIpc) is 2.64. The molecule has 0 aromatic heterocycles.